The minimum absolute atomic E-state index is 0.0383. The fourth-order valence-corrected chi connectivity index (χ4v) is 8.77. The SMILES string of the molecule is C=CCN(C(=O)[C@@H]1[C@@H]2CCC3(S2)C(C(=O)N(CC=C)C(C)C)N(CCCO)C(=O)[C@H]13)c1ccc(OCC)cc1. The molecule has 3 saturated heterocycles. The molecule has 3 fully saturated rings. The summed E-state index contributed by atoms with van der Waals surface area (Å²) in [5, 5.41) is 9.53. The number of hydrogen-bond acceptors (Lipinski definition) is 6. The minimum Gasteiger partial charge on any atom is -0.494 e. The Bertz CT molecular complexity index is 1090. The van der Waals surface area contributed by atoms with Gasteiger partial charge in [0.1, 0.15) is 11.8 Å². The molecule has 0 aromatic heterocycles. The van der Waals surface area contributed by atoms with Crippen LogP contribution in [0, 0.1) is 11.8 Å². The van der Waals surface area contributed by atoms with Gasteiger partial charge in [-0.1, -0.05) is 12.2 Å². The Balaban J connectivity index is 1.71. The molecule has 1 spiro atoms. The van der Waals surface area contributed by atoms with Crippen LogP contribution in [0.25, 0.3) is 0 Å². The summed E-state index contributed by atoms with van der Waals surface area (Å²) in [4.78, 5) is 47.6. The number of nitrogens with zero attached hydrogens (tertiary/aromatic N) is 3. The fourth-order valence-electron chi connectivity index (χ4n) is 6.57. The molecule has 0 saturated carbocycles. The highest BCUT2D eigenvalue weighted by Gasteiger charge is 2.74. The number of ether oxygens (including phenoxy) is 1. The summed E-state index contributed by atoms with van der Waals surface area (Å²) in [6.07, 6.45) is 5.26. The highest BCUT2D eigenvalue weighted by molar-refractivity contribution is 8.02. The molecule has 1 aromatic carbocycles. The van der Waals surface area contributed by atoms with Gasteiger partial charge >= 0.3 is 0 Å². The second kappa shape index (κ2) is 12.2. The molecule has 3 aliphatic rings. The fraction of sp³-hybridized carbons (Fsp3) is 0.567. The van der Waals surface area contributed by atoms with Crippen LogP contribution in [0.15, 0.2) is 49.6 Å². The van der Waals surface area contributed by atoms with Crippen molar-refractivity contribution in [2.75, 3.05) is 37.7 Å². The molecule has 3 amide bonds. The van der Waals surface area contributed by atoms with E-state index in [2.05, 4.69) is 13.2 Å². The van der Waals surface area contributed by atoms with Crippen LogP contribution < -0.4 is 9.64 Å². The topological polar surface area (TPSA) is 90.4 Å². The van der Waals surface area contributed by atoms with Crippen molar-refractivity contribution in [3.05, 3.63) is 49.6 Å². The van der Waals surface area contributed by atoms with Crippen molar-refractivity contribution in [3.63, 3.8) is 0 Å². The van der Waals surface area contributed by atoms with Gasteiger partial charge in [0.05, 0.1) is 23.2 Å². The van der Waals surface area contributed by atoms with Crippen LogP contribution in [0.3, 0.4) is 0 Å². The van der Waals surface area contributed by atoms with E-state index in [1.165, 1.54) is 0 Å². The maximum atomic E-state index is 14.3. The summed E-state index contributed by atoms with van der Waals surface area (Å²) in [6.45, 7) is 15.0. The van der Waals surface area contributed by atoms with E-state index in [-0.39, 0.29) is 42.2 Å². The van der Waals surface area contributed by atoms with E-state index in [0.29, 0.717) is 32.5 Å². The van der Waals surface area contributed by atoms with Gasteiger partial charge in [-0.05, 0) is 64.3 Å². The molecule has 2 unspecified atom stereocenters. The van der Waals surface area contributed by atoms with E-state index in [4.69, 9.17) is 4.74 Å². The lowest BCUT2D eigenvalue weighted by atomic mass is 9.70. The van der Waals surface area contributed by atoms with Gasteiger partial charge in [-0.25, -0.2) is 0 Å². The molecule has 8 nitrogen and oxygen atoms in total. The summed E-state index contributed by atoms with van der Waals surface area (Å²) in [5.41, 5.74) is 0.720. The Labute approximate surface area is 236 Å². The molecule has 1 N–H and O–H groups in total. The van der Waals surface area contributed by atoms with Crippen LogP contribution >= 0.6 is 11.8 Å². The smallest absolute Gasteiger partial charge is 0.247 e. The van der Waals surface area contributed by atoms with Gasteiger partial charge in [0.2, 0.25) is 17.7 Å². The first-order valence-corrected chi connectivity index (χ1v) is 14.8. The van der Waals surface area contributed by atoms with Crippen LogP contribution in [0.1, 0.15) is 40.0 Å². The predicted molar refractivity (Wildman–Crippen MR) is 155 cm³/mol. The number of rotatable bonds is 13. The second-order valence-corrected chi connectivity index (χ2v) is 12.3. The normalized spacial score (nSPS) is 27.0. The number of thioether (sulfide) groups is 1. The second-order valence-electron chi connectivity index (χ2n) is 10.7. The van der Waals surface area contributed by atoms with Crippen LogP contribution in [0.4, 0.5) is 5.69 Å². The maximum absolute atomic E-state index is 14.3. The Hall–Kier alpha value is -2.78. The van der Waals surface area contributed by atoms with Gasteiger partial charge in [0, 0.05) is 43.2 Å². The van der Waals surface area contributed by atoms with Crippen molar-refractivity contribution in [1.29, 1.82) is 0 Å². The zero-order chi connectivity index (χ0) is 28.3. The first-order chi connectivity index (χ1) is 18.7. The summed E-state index contributed by atoms with van der Waals surface area (Å²) in [5.74, 6) is -0.767. The summed E-state index contributed by atoms with van der Waals surface area (Å²) < 4.78 is 4.90. The van der Waals surface area contributed by atoms with Crippen molar-refractivity contribution in [2.45, 2.75) is 62.1 Å². The molecule has 1 aromatic rings. The van der Waals surface area contributed by atoms with E-state index in [0.717, 1.165) is 17.9 Å². The number of benzene rings is 1. The summed E-state index contributed by atoms with van der Waals surface area (Å²) in [6, 6.07) is 6.65. The Morgan fingerprint density at radius 2 is 1.90 bits per heavy atom. The number of carbonyl (C=O) groups excluding carboxylic acids is 3. The van der Waals surface area contributed by atoms with Crippen molar-refractivity contribution < 1.29 is 24.2 Å². The number of anilines is 1. The predicted octanol–water partition coefficient (Wildman–Crippen LogP) is 3.50. The molecule has 5 atom stereocenters. The highest BCUT2D eigenvalue weighted by atomic mass is 32.2. The molecule has 9 heteroatoms. The van der Waals surface area contributed by atoms with Gasteiger partial charge < -0.3 is 24.5 Å². The number of fused-ring (bicyclic) bond motifs is 1. The summed E-state index contributed by atoms with van der Waals surface area (Å²) in [7, 11) is 0. The third kappa shape index (κ3) is 5.11. The van der Waals surface area contributed by atoms with Crippen LogP contribution in [0.5, 0.6) is 5.75 Å². The molecule has 212 valence electrons. The largest absolute Gasteiger partial charge is 0.494 e. The molecular formula is C30H41N3O5S. The third-order valence-electron chi connectivity index (χ3n) is 8.15. The van der Waals surface area contributed by atoms with E-state index in [1.54, 1.807) is 38.6 Å². The zero-order valence-electron chi connectivity index (χ0n) is 23.3. The lowest BCUT2D eigenvalue weighted by molar-refractivity contribution is -0.143. The van der Waals surface area contributed by atoms with Crippen molar-refractivity contribution in [2.24, 2.45) is 11.8 Å². The van der Waals surface area contributed by atoms with E-state index in [1.807, 2.05) is 45.0 Å². The lowest BCUT2D eigenvalue weighted by Crippen LogP contribution is -2.56. The molecule has 4 rings (SSSR count). The number of aliphatic hydroxyl groups excluding tert-OH is 1. The van der Waals surface area contributed by atoms with E-state index >= 15 is 0 Å². The third-order valence-corrected chi connectivity index (χ3v) is 10.1. The molecule has 2 bridgehead atoms. The molecule has 39 heavy (non-hydrogen) atoms. The number of aliphatic hydroxyl groups is 1. The van der Waals surface area contributed by atoms with Gasteiger partial charge in [0.15, 0.2) is 0 Å². The molecule has 0 aliphatic carbocycles. The maximum Gasteiger partial charge on any atom is 0.247 e. The molecule has 3 heterocycles. The standard InChI is InChI=1S/C30H41N3O5S/c1-6-16-31(20(4)5)29(37)26-30-15-14-23(39-30)24(25(30)28(36)33(26)18-9-19-34)27(35)32(17-7-2)21-10-12-22(13-11-21)38-8-3/h6-7,10-13,20,23-26,34H,1-2,8-9,14-19H2,3-5H3/t23-,24+,25-,26?,30?/m0/s1. The van der Waals surface area contributed by atoms with Gasteiger partial charge in [-0.2, -0.15) is 0 Å². The Morgan fingerprint density at radius 1 is 1.21 bits per heavy atom. The van der Waals surface area contributed by atoms with E-state index in [9.17, 15) is 19.5 Å². The Morgan fingerprint density at radius 3 is 2.49 bits per heavy atom. The van der Waals surface area contributed by atoms with Crippen LogP contribution in [-0.4, -0.2) is 87.6 Å². The van der Waals surface area contributed by atoms with E-state index < -0.39 is 22.6 Å². The number of amides is 3. The summed E-state index contributed by atoms with van der Waals surface area (Å²) >= 11 is 1.66. The zero-order valence-corrected chi connectivity index (χ0v) is 24.1. The number of carbonyl (C=O) groups is 3. The quantitative estimate of drug-likeness (QED) is 0.375. The molecule has 3 aliphatic heterocycles. The monoisotopic (exact) mass is 555 g/mol. The highest BCUT2D eigenvalue weighted by Crippen LogP contribution is 2.66. The average molecular weight is 556 g/mol. The molecular weight excluding hydrogens is 514 g/mol. The first-order valence-electron chi connectivity index (χ1n) is 13.9. The van der Waals surface area contributed by atoms with Crippen LogP contribution in [-0.2, 0) is 14.4 Å². The van der Waals surface area contributed by atoms with Gasteiger partial charge in [0.25, 0.3) is 0 Å². The van der Waals surface area contributed by atoms with Crippen LogP contribution in [0.2, 0.25) is 0 Å². The lowest BCUT2D eigenvalue weighted by Gasteiger charge is -2.38. The molecule has 0 radical (unpaired) electrons. The van der Waals surface area contributed by atoms with Crippen molar-refractivity contribution in [3.8, 4) is 5.75 Å². The number of hydrogen-bond donors (Lipinski definition) is 1. The number of likely N-dealkylation sites (tertiary alicyclic amines) is 1. The van der Waals surface area contributed by atoms with Gasteiger partial charge in [-0.15, -0.1) is 24.9 Å². The van der Waals surface area contributed by atoms with Crippen molar-refractivity contribution >= 4 is 35.2 Å². The Kier molecular flexibility index (Phi) is 9.11. The minimum atomic E-state index is -0.671. The van der Waals surface area contributed by atoms with Crippen molar-refractivity contribution in [1.82, 2.24) is 9.80 Å². The first kappa shape index (κ1) is 29.2. The average Bonchev–Trinajstić information content (AvgIpc) is 3.56. The van der Waals surface area contributed by atoms with Gasteiger partial charge in [-0.3, -0.25) is 14.4 Å².